The first-order chi connectivity index (χ1) is 14.3. The molecule has 0 aliphatic heterocycles. The Hall–Kier alpha value is -1.67. The molecule has 4 aliphatic carbocycles. The highest BCUT2D eigenvalue weighted by Gasteiger charge is 2.84. The van der Waals surface area contributed by atoms with E-state index < -0.39 is 22.2 Å². The second kappa shape index (κ2) is 7.19. The Labute approximate surface area is 179 Å². The van der Waals surface area contributed by atoms with Crippen molar-refractivity contribution in [2.45, 2.75) is 59.8 Å². The van der Waals surface area contributed by atoms with Crippen molar-refractivity contribution in [1.82, 2.24) is 0 Å². The van der Waals surface area contributed by atoms with Crippen LogP contribution in [-0.4, -0.2) is 30.6 Å². The van der Waals surface area contributed by atoms with Gasteiger partial charge < -0.3 is 14.6 Å². The van der Waals surface area contributed by atoms with E-state index in [9.17, 15) is 20.0 Å². The van der Waals surface area contributed by atoms with E-state index in [2.05, 4.69) is 26.0 Å². The minimum Gasteiger partial charge on any atom is -0.481 e. The van der Waals surface area contributed by atoms with Gasteiger partial charge in [0.15, 0.2) is 0 Å². The first kappa shape index (κ1) is 21.6. The normalized spacial score (nSPS) is 45.9. The molecule has 3 saturated carbocycles. The third-order valence-corrected chi connectivity index (χ3v) is 9.44. The molecule has 0 spiro atoms. The number of nitrogens with zero attached hydrogens (tertiary/aromatic N) is 1. The number of fused-ring (bicyclic) bond motifs is 2. The topological polar surface area (TPSA) is 87.4 Å². The maximum absolute atomic E-state index is 13.3. The molecule has 0 heterocycles. The van der Waals surface area contributed by atoms with Gasteiger partial charge in [-0.25, -0.2) is 0 Å². The van der Waals surface area contributed by atoms with Crippen LogP contribution in [0.5, 0.6) is 0 Å². The number of unbranched alkanes of at least 4 members (excludes halogenated alkanes) is 1. The van der Waals surface area contributed by atoms with E-state index in [1.54, 1.807) is 0 Å². The number of aliphatic carboxylic acids is 1. The molecular formula is C25H35NO4. The van der Waals surface area contributed by atoms with Crippen molar-refractivity contribution in [3.05, 3.63) is 11.6 Å². The second-order valence-electron chi connectivity index (χ2n) is 10.7. The van der Waals surface area contributed by atoms with Gasteiger partial charge in [-0.3, -0.25) is 4.79 Å². The number of allylic oxidation sites excluding steroid dienone is 1. The summed E-state index contributed by atoms with van der Waals surface area (Å²) in [4.78, 5) is 26.2. The number of carboxylic acid groups (broad SMARTS) is 1. The largest absolute Gasteiger partial charge is 0.481 e. The van der Waals surface area contributed by atoms with E-state index in [-0.39, 0.29) is 35.5 Å². The molecule has 0 saturated heterocycles. The van der Waals surface area contributed by atoms with Gasteiger partial charge in [-0.05, 0) is 55.3 Å². The van der Waals surface area contributed by atoms with Gasteiger partial charge >= 0.3 is 5.97 Å². The molecule has 0 radical (unpaired) electrons. The van der Waals surface area contributed by atoms with Crippen LogP contribution in [0.25, 0.3) is 0 Å². The highest BCUT2D eigenvalue weighted by Crippen LogP contribution is 2.82. The molecule has 1 N–H and O–H groups in total. The predicted molar refractivity (Wildman–Crippen MR) is 112 cm³/mol. The molecule has 0 aromatic heterocycles. The fourth-order valence-electron chi connectivity index (χ4n) is 8.30. The zero-order valence-corrected chi connectivity index (χ0v) is 18.7. The summed E-state index contributed by atoms with van der Waals surface area (Å²) in [6.07, 6.45) is 7.13. The molecule has 30 heavy (non-hydrogen) atoms. The fraction of sp³-hybridized carbons (Fsp3) is 0.800. The number of aldehydes is 1. The van der Waals surface area contributed by atoms with Crippen molar-refractivity contribution in [2.24, 2.45) is 51.8 Å². The number of carbonyl (C=O) groups excluding carboxylic acids is 1. The van der Waals surface area contributed by atoms with Crippen LogP contribution >= 0.6 is 0 Å². The van der Waals surface area contributed by atoms with E-state index in [4.69, 9.17) is 4.74 Å². The SMILES string of the molecule is CCCCOCC12CC3C(C[C@@H](C#N)[C@H]3C)[C@@]3(C=O)C[C@H]1C=C(C(C)C)[C@]23C(=O)O. The molecule has 3 unspecified atom stereocenters. The summed E-state index contributed by atoms with van der Waals surface area (Å²) in [6, 6.07) is 2.45. The number of carboxylic acids is 1. The summed E-state index contributed by atoms with van der Waals surface area (Å²) >= 11 is 0. The smallest absolute Gasteiger partial charge is 0.315 e. The predicted octanol–water partition coefficient (Wildman–Crippen LogP) is 4.48. The van der Waals surface area contributed by atoms with Crippen molar-refractivity contribution in [1.29, 1.82) is 5.26 Å². The van der Waals surface area contributed by atoms with Crippen LogP contribution in [0, 0.1) is 63.1 Å². The van der Waals surface area contributed by atoms with Gasteiger partial charge in [0, 0.05) is 17.9 Å². The number of hydrogen-bond acceptors (Lipinski definition) is 4. The van der Waals surface area contributed by atoms with E-state index in [1.165, 1.54) is 0 Å². The van der Waals surface area contributed by atoms with Crippen LogP contribution in [0.1, 0.15) is 59.8 Å². The molecule has 4 bridgehead atoms. The van der Waals surface area contributed by atoms with Gasteiger partial charge in [-0.15, -0.1) is 0 Å². The Kier molecular flexibility index (Phi) is 5.17. The molecule has 0 amide bonds. The lowest BCUT2D eigenvalue weighted by atomic mass is 9.43. The second-order valence-corrected chi connectivity index (χ2v) is 10.7. The lowest BCUT2D eigenvalue weighted by Crippen LogP contribution is -2.63. The maximum atomic E-state index is 13.3. The summed E-state index contributed by atoms with van der Waals surface area (Å²) in [5.74, 6) is -0.515. The van der Waals surface area contributed by atoms with Crippen LogP contribution in [0.3, 0.4) is 0 Å². The van der Waals surface area contributed by atoms with Crippen molar-refractivity contribution in [2.75, 3.05) is 13.2 Å². The highest BCUT2D eigenvalue weighted by molar-refractivity contribution is 5.90. The van der Waals surface area contributed by atoms with Gasteiger partial charge in [-0.1, -0.05) is 45.8 Å². The Balaban J connectivity index is 1.90. The minimum atomic E-state index is -1.21. The average Bonchev–Trinajstić information content (AvgIpc) is 3.25. The van der Waals surface area contributed by atoms with Gasteiger partial charge in [0.05, 0.1) is 18.1 Å². The van der Waals surface area contributed by atoms with Crippen molar-refractivity contribution < 1.29 is 19.4 Å². The zero-order valence-electron chi connectivity index (χ0n) is 18.7. The Morgan fingerprint density at radius 3 is 2.73 bits per heavy atom. The third kappa shape index (κ3) is 2.27. The number of carbonyl (C=O) groups is 2. The first-order valence-corrected chi connectivity index (χ1v) is 11.7. The van der Waals surface area contributed by atoms with E-state index in [0.717, 1.165) is 31.1 Å². The Morgan fingerprint density at radius 1 is 1.43 bits per heavy atom. The standard InChI is InChI=1S/C25H35NO4/c1-5-6-7-30-14-24-11-19-16(4)17(12-26)8-21(19)23(13-27)10-18(24)9-20(15(2)3)25(23,24)22(28)29/h9,13,15-19,21H,5-8,10-11,14H2,1-4H3,(H,28,29)/t16-,17+,18-,19?,21?,23+,24?,25-/m1/s1. The zero-order chi connectivity index (χ0) is 21.9. The number of nitriles is 1. The van der Waals surface area contributed by atoms with Crippen LogP contribution in [0.15, 0.2) is 11.6 Å². The molecular weight excluding hydrogens is 378 g/mol. The van der Waals surface area contributed by atoms with E-state index >= 15 is 0 Å². The third-order valence-electron chi connectivity index (χ3n) is 9.44. The molecule has 5 heteroatoms. The van der Waals surface area contributed by atoms with Crippen LogP contribution < -0.4 is 0 Å². The number of ether oxygens (including phenoxy) is 1. The molecule has 8 atom stereocenters. The van der Waals surface area contributed by atoms with Crippen molar-refractivity contribution in [3.8, 4) is 6.07 Å². The molecule has 0 aromatic carbocycles. The van der Waals surface area contributed by atoms with E-state index in [1.807, 2.05) is 13.8 Å². The average molecular weight is 414 g/mol. The molecule has 4 rings (SSSR count). The van der Waals surface area contributed by atoms with Gasteiger partial charge in [0.1, 0.15) is 11.7 Å². The molecule has 4 aliphatic rings. The van der Waals surface area contributed by atoms with Crippen LogP contribution in [0.4, 0.5) is 0 Å². The molecule has 5 nitrogen and oxygen atoms in total. The van der Waals surface area contributed by atoms with Crippen molar-refractivity contribution in [3.63, 3.8) is 0 Å². The van der Waals surface area contributed by atoms with Gasteiger partial charge in [0.25, 0.3) is 0 Å². The summed E-state index contributed by atoms with van der Waals surface area (Å²) in [6.45, 7) is 9.34. The van der Waals surface area contributed by atoms with Crippen LogP contribution in [0.2, 0.25) is 0 Å². The Bertz CT molecular complexity index is 812. The summed E-state index contributed by atoms with van der Waals surface area (Å²) < 4.78 is 6.17. The fourth-order valence-corrected chi connectivity index (χ4v) is 8.30. The van der Waals surface area contributed by atoms with E-state index in [0.29, 0.717) is 26.1 Å². The van der Waals surface area contributed by atoms with Gasteiger partial charge in [-0.2, -0.15) is 5.26 Å². The number of hydrogen-bond donors (Lipinski definition) is 1. The minimum absolute atomic E-state index is 0.0398. The highest BCUT2D eigenvalue weighted by atomic mass is 16.5. The molecule has 164 valence electrons. The number of rotatable bonds is 8. The quantitative estimate of drug-likeness (QED) is 0.360. The summed E-state index contributed by atoms with van der Waals surface area (Å²) in [5, 5.41) is 20.6. The lowest BCUT2D eigenvalue weighted by molar-refractivity contribution is -0.186. The lowest BCUT2D eigenvalue weighted by Gasteiger charge is -2.58. The van der Waals surface area contributed by atoms with Crippen LogP contribution in [-0.2, 0) is 14.3 Å². The summed E-state index contributed by atoms with van der Waals surface area (Å²) in [5.41, 5.74) is -1.82. The first-order valence-electron chi connectivity index (χ1n) is 11.7. The monoisotopic (exact) mass is 413 g/mol. The summed E-state index contributed by atoms with van der Waals surface area (Å²) in [7, 11) is 0. The Morgan fingerprint density at radius 2 is 2.17 bits per heavy atom. The molecule has 3 fully saturated rings. The van der Waals surface area contributed by atoms with Crippen molar-refractivity contribution >= 4 is 12.3 Å². The molecule has 0 aromatic rings. The van der Waals surface area contributed by atoms with Gasteiger partial charge in [0.2, 0.25) is 0 Å². The maximum Gasteiger partial charge on any atom is 0.315 e.